The van der Waals surface area contributed by atoms with Crippen molar-refractivity contribution in [1.29, 1.82) is 0 Å². The number of carbonyl (C=O) groups excluding carboxylic acids is 1. The number of ketones is 1. The molecule has 0 aliphatic heterocycles. The highest BCUT2D eigenvalue weighted by Gasteiger charge is 2.24. The van der Waals surface area contributed by atoms with E-state index in [1.807, 2.05) is 0 Å². The number of rotatable bonds is 4. The van der Waals surface area contributed by atoms with Gasteiger partial charge in [0.05, 0.1) is 6.94 Å². The summed E-state index contributed by atoms with van der Waals surface area (Å²) in [5.74, 6) is -4.89. The largest absolute Gasteiger partial charge is 0.478 e. The van der Waals surface area contributed by atoms with Crippen molar-refractivity contribution in [3.8, 4) is 0 Å². The second-order valence-corrected chi connectivity index (χ2v) is 3.23. The molecule has 0 aromatic carbocycles. The number of hydrogen-bond donors (Lipinski definition) is 3. The Morgan fingerprint density at radius 1 is 1.31 bits per heavy atom. The maximum absolute atomic E-state index is 10.9. The first-order valence-corrected chi connectivity index (χ1v) is 4.37. The molecule has 2 atom stereocenters. The van der Waals surface area contributed by atoms with Crippen molar-refractivity contribution in [2.75, 3.05) is 0 Å². The van der Waals surface area contributed by atoms with E-state index in [0.717, 1.165) is 12.2 Å². The average Bonchev–Trinajstić information content (AvgIpc) is 2.19. The summed E-state index contributed by atoms with van der Waals surface area (Å²) in [5, 5.41) is 26.5. The summed E-state index contributed by atoms with van der Waals surface area (Å²) in [4.78, 5) is 32.0. The third kappa shape index (κ3) is 2.77. The number of aliphatic hydroxyl groups is 1. The molecule has 6 nitrogen and oxygen atoms in total. The molecule has 0 unspecified atom stereocenters. The first kappa shape index (κ1) is 10.6. The van der Waals surface area contributed by atoms with Crippen LogP contribution in [0.1, 0.15) is 7.79 Å². The fourth-order valence-corrected chi connectivity index (χ4v) is 1.27. The summed E-state index contributed by atoms with van der Waals surface area (Å²) in [6.07, 6.45) is 0.403. The maximum atomic E-state index is 10.9. The molecular weight excluding hydrogens is 216 g/mol. The lowest BCUT2D eigenvalue weighted by atomic mass is 9.91. The van der Waals surface area contributed by atoms with Crippen molar-refractivity contribution >= 4 is 17.7 Å². The average molecular weight is 227 g/mol. The van der Waals surface area contributed by atoms with Gasteiger partial charge in [-0.15, -0.1) is 0 Å². The summed E-state index contributed by atoms with van der Waals surface area (Å²) in [6, 6.07) is 0. The summed E-state index contributed by atoms with van der Waals surface area (Å²) < 4.78 is 7.29. The molecule has 6 heteroatoms. The van der Waals surface area contributed by atoms with Gasteiger partial charge in [0.25, 0.3) is 0 Å². The molecule has 0 aromatic heterocycles. The molecular formula is C10H10O6. The fraction of sp³-hybridized carbons (Fsp3) is 0.300. The maximum Gasteiger partial charge on any atom is 0.372 e. The van der Waals surface area contributed by atoms with Crippen LogP contribution in [0.4, 0.5) is 0 Å². The number of allylic oxidation sites excluding steroid dienone is 2. The van der Waals surface area contributed by atoms with Crippen LogP contribution in [-0.2, 0) is 14.4 Å². The van der Waals surface area contributed by atoms with E-state index in [1.54, 1.807) is 0 Å². The number of aliphatic carboxylic acids is 2. The van der Waals surface area contributed by atoms with Crippen LogP contribution in [0.15, 0.2) is 23.8 Å². The van der Waals surface area contributed by atoms with E-state index in [0.29, 0.717) is 0 Å². The van der Waals surface area contributed by atoms with Gasteiger partial charge in [-0.2, -0.15) is 0 Å². The van der Waals surface area contributed by atoms with E-state index >= 15 is 0 Å². The van der Waals surface area contributed by atoms with Gasteiger partial charge in [0.15, 0.2) is 0 Å². The molecule has 1 aliphatic carbocycles. The van der Waals surface area contributed by atoms with Crippen LogP contribution in [0.25, 0.3) is 0 Å². The van der Waals surface area contributed by atoms with E-state index in [-0.39, 0.29) is 0 Å². The topological polar surface area (TPSA) is 112 Å². The highest BCUT2D eigenvalue weighted by molar-refractivity contribution is 6.32. The van der Waals surface area contributed by atoms with E-state index in [1.165, 1.54) is 6.08 Å². The fourth-order valence-electron chi connectivity index (χ4n) is 1.27. The van der Waals surface area contributed by atoms with Gasteiger partial charge in [-0.25, -0.2) is 9.59 Å². The Kier molecular flexibility index (Phi) is 3.11. The third-order valence-electron chi connectivity index (χ3n) is 2.05. The normalized spacial score (nSPS) is 29.2. The smallest absolute Gasteiger partial charge is 0.372 e. The highest BCUT2D eigenvalue weighted by atomic mass is 16.4. The third-order valence-corrected chi connectivity index (χ3v) is 2.05. The van der Waals surface area contributed by atoms with Crippen LogP contribution >= 0.6 is 0 Å². The van der Waals surface area contributed by atoms with E-state index in [2.05, 4.69) is 0 Å². The molecule has 0 bridgehead atoms. The second kappa shape index (κ2) is 4.71. The van der Waals surface area contributed by atoms with Gasteiger partial charge in [-0.1, -0.05) is 18.2 Å². The van der Waals surface area contributed by atoms with Crippen LogP contribution in [-0.4, -0.2) is 39.1 Å². The highest BCUT2D eigenvalue weighted by Crippen LogP contribution is 2.20. The number of carboxylic acids is 2. The lowest BCUT2D eigenvalue weighted by Crippen LogP contribution is -2.22. The lowest BCUT2D eigenvalue weighted by molar-refractivity contribution is -0.149. The number of hydrogen-bond acceptors (Lipinski definition) is 4. The van der Waals surface area contributed by atoms with Gasteiger partial charge in [0.1, 0.15) is 6.08 Å². The van der Waals surface area contributed by atoms with E-state index < -0.39 is 41.7 Å². The molecule has 0 aromatic rings. The monoisotopic (exact) mass is 227 g/mol. The van der Waals surface area contributed by atoms with Crippen molar-refractivity contribution in [1.82, 2.24) is 0 Å². The standard InChI is InChI=1S/C10H10O6/c11-7-2-1-5(3-6(7)9(13)14)4-8(12)10(15)16/h1-3,5,7,11H,4H2,(H,13,14)(H,15,16)/t5-,7-/m1/s1/i7D. The number of carbonyl (C=O) groups is 3. The van der Waals surface area contributed by atoms with Crippen LogP contribution in [0, 0.1) is 5.92 Å². The summed E-state index contributed by atoms with van der Waals surface area (Å²) >= 11 is 0. The summed E-state index contributed by atoms with van der Waals surface area (Å²) in [7, 11) is 0. The SMILES string of the molecule is [2H][C@@]1(O)C=C[C@@H](CC(=O)C(=O)O)C=C1C(=O)O. The van der Waals surface area contributed by atoms with Crippen LogP contribution in [0.3, 0.4) is 0 Å². The molecule has 1 rings (SSSR count). The summed E-state index contributed by atoms with van der Waals surface area (Å²) in [5.41, 5.74) is -0.594. The predicted octanol–water partition coefficient (Wildman–Crippen LogP) is -0.412. The summed E-state index contributed by atoms with van der Waals surface area (Å²) in [6.45, 7) is 0. The van der Waals surface area contributed by atoms with Crippen LogP contribution in [0.2, 0.25) is 0 Å². The molecule has 0 fully saturated rings. The Morgan fingerprint density at radius 2 is 1.94 bits per heavy atom. The minimum Gasteiger partial charge on any atom is -0.478 e. The number of Topliss-reactive ketones (excluding diaryl/α,β-unsaturated/α-hetero) is 1. The lowest BCUT2D eigenvalue weighted by Gasteiger charge is -2.16. The Morgan fingerprint density at radius 3 is 2.44 bits per heavy atom. The Hall–Kier alpha value is -1.95. The Balaban J connectivity index is 2.90. The zero-order chi connectivity index (χ0) is 13.2. The first-order valence-electron chi connectivity index (χ1n) is 4.87. The Bertz CT molecular complexity index is 434. The van der Waals surface area contributed by atoms with E-state index in [9.17, 15) is 19.5 Å². The van der Waals surface area contributed by atoms with Crippen molar-refractivity contribution in [2.45, 2.75) is 12.5 Å². The molecule has 0 saturated heterocycles. The molecule has 16 heavy (non-hydrogen) atoms. The zero-order valence-corrected chi connectivity index (χ0v) is 8.08. The van der Waals surface area contributed by atoms with Crippen molar-refractivity contribution < 1.29 is 31.1 Å². The molecule has 0 radical (unpaired) electrons. The number of carboxylic acid groups (broad SMARTS) is 2. The molecule has 0 saturated carbocycles. The molecule has 0 amide bonds. The molecule has 3 N–H and O–H groups in total. The Labute approximate surface area is 91.9 Å². The molecule has 86 valence electrons. The van der Waals surface area contributed by atoms with Crippen LogP contribution < -0.4 is 0 Å². The molecule has 1 aliphatic rings. The van der Waals surface area contributed by atoms with Crippen molar-refractivity contribution in [3.63, 3.8) is 0 Å². The molecule has 0 heterocycles. The van der Waals surface area contributed by atoms with Crippen LogP contribution in [0.5, 0.6) is 0 Å². The zero-order valence-electron chi connectivity index (χ0n) is 9.08. The van der Waals surface area contributed by atoms with Crippen molar-refractivity contribution in [2.24, 2.45) is 5.92 Å². The van der Waals surface area contributed by atoms with Gasteiger partial charge in [0, 0.05) is 12.3 Å². The van der Waals surface area contributed by atoms with Gasteiger partial charge in [-0.05, 0) is 0 Å². The minimum atomic E-state index is -2.35. The van der Waals surface area contributed by atoms with Crippen molar-refractivity contribution in [3.05, 3.63) is 23.8 Å². The quantitative estimate of drug-likeness (QED) is 0.444. The van der Waals surface area contributed by atoms with Gasteiger partial charge in [0.2, 0.25) is 5.78 Å². The van der Waals surface area contributed by atoms with Gasteiger partial charge in [-0.3, -0.25) is 4.79 Å². The van der Waals surface area contributed by atoms with Gasteiger partial charge < -0.3 is 15.3 Å². The second-order valence-electron chi connectivity index (χ2n) is 3.23. The first-order chi connectivity index (χ1) is 7.74. The van der Waals surface area contributed by atoms with E-state index in [4.69, 9.17) is 11.6 Å². The molecule has 0 spiro atoms. The van der Waals surface area contributed by atoms with Gasteiger partial charge >= 0.3 is 11.9 Å². The minimum absolute atomic E-state index is 0.404. The predicted molar refractivity (Wildman–Crippen MR) is 51.6 cm³/mol.